The van der Waals surface area contributed by atoms with E-state index < -0.39 is 60.3 Å². The second kappa shape index (κ2) is 13.2. The van der Waals surface area contributed by atoms with Crippen molar-refractivity contribution in [1.82, 2.24) is 10.6 Å². The first-order chi connectivity index (χ1) is 21.8. The van der Waals surface area contributed by atoms with Crippen molar-refractivity contribution in [2.75, 3.05) is 11.9 Å². The lowest BCUT2D eigenvalue weighted by Crippen LogP contribution is -2.41. The van der Waals surface area contributed by atoms with Gasteiger partial charge in [0.1, 0.15) is 5.75 Å². The Kier molecular flexibility index (Phi) is 9.30. The van der Waals surface area contributed by atoms with Crippen molar-refractivity contribution >= 4 is 29.2 Å². The second-order valence-electron chi connectivity index (χ2n) is 10.7. The van der Waals surface area contributed by atoms with Crippen LogP contribution < -0.4 is 20.7 Å². The third kappa shape index (κ3) is 7.64. The van der Waals surface area contributed by atoms with E-state index in [4.69, 9.17) is 5.11 Å². The van der Waals surface area contributed by atoms with Gasteiger partial charge in [0.2, 0.25) is 0 Å². The molecule has 0 saturated heterocycles. The number of fused-ring (bicyclic) bond motifs is 1. The van der Waals surface area contributed by atoms with Gasteiger partial charge in [-0.25, -0.2) is 14.3 Å². The zero-order valence-corrected chi connectivity index (χ0v) is 24.1. The summed E-state index contributed by atoms with van der Waals surface area (Å²) in [5.74, 6) is -2.92. The maximum absolute atomic E-state index is 14.3. The Bertz CT molecular complexity index is 1650. The zero-order chi connectivity index (χ0) is 33.1. The van der Waals surface area contributed by atoms with E-state index in [1.54, 1.807) is 12.1 Å². The molecule has 3 aromatic carbocycles. The highest BCUT2D eigenvalue weighted by atomic mass is 19.3. The van der Waals surface area contributed by atoms with Crippen LogP contribution in [0.25, 0.3) is 5.57 Å². The molecule has 3 aromatic rings. The number of aliphatic carboxylic acids is 1. The largest absolute Gasteiger partial charge is 0.540 e. The van der Waals surface area contributed by atoms with Crippen molar-refractivity contribution in [1.29, 1.82) is 0 Å². The van der Waals surface area contributed by atoms with Gasteiger partial charge in [0, 0.05) is 11.3 Å². The van der Waals surface area contributed by atoms with Crippen molar-refractivity contribution in [3.05, 3.63) is 101 Å². The van der Waals surface area contributed by atoms with E-state index in [0.717, 1.165) is 49.4 Å². The molecule has 0 spiro atoms. The SMILES string of the molecule is O=C(Nc1ccc2c(c1)C(F)(F)OC(F)(F)O2)NC(c1ccc(C(=O)NCC(O)C(=O)O)cc1)c1ccc(C2=CCCCC2)cc1. The summed E-state index contributed by atoms with van der Waals surface area (Å²) in [5.41, 5.74) is 2.45. The van der Waals surface area contributed by atoms with Crippen LogP contribution in [-0.2, 0) is 15.6 Å². The smallest absolute Gasteiger partial charge is 0.479 e. The van der Waals surface area contributed by atoms with Crippen LogP contribution >= 0.6 is 0 Å². The molecule has 0 saturated carbocycles. The quantitative estimate of drug-likeness (QED) is 0.187. The molecule has 2 unspecified atom stereocenters. The number of carboxylic acids is 1. The summed E-state index contributed by atoms with van der Waals surface area (Å²) in [6.45, 7) is -0.502. The lowest BCUT2D eigenvalue weighted by atomic mass is 9.91. The van der Waals surface area contributed by atoms with Gasteiger partial charge in [-0.3, -0.25) is 4.79 Å². The molecule has 0 fully saturated rings. The molecule has 0 radical (unpaired) electrons. The van der Waals surface area contributed by atoms with Gasteiger partial charge in [-0.15, -0.1) is 8.78 Å². The van der Waals surface area contributed by atoms with E-state index in [1.807, 2.05) is 24.3 Å². The summed E-state index contributed by atoms with van der Waals surface area (Å²) in [5, 5.41) is 25.7. The van der Waals surface area contributed by atoms with Gasteiger partial charge < -0.3 is 30.9 Å². The maximum Gasteiger partial charge on any atom is 0.540 e. The topological polar surface area (TPSA) is 146 Å². The fourth-order valence-corrected chi connectivity index (χ4v) is 5.13. The number of alkyl halides is 4. The summed E-state index contributed by atoms with van der Waals surface area (Å²) in [6.07, 6.45) is -4.34. The summed E-state index contributed by atoms with van der Waals surface area (Å²) in [6, 6.07) is 14.7. The Hall–Kier alpha value is -4.95. The first-order valence-electron chi connectivity index (χ1n) is 14.3. The third-order valence-corrected chi connectivity index (χ3v) is 7.46. The number of hydrogen-bond donors (Lipinski definition) is 5. The highest BCUT2D eigenvalue weighted by molar-refractivity contribution is 5.94. The Morgan fingerprint density at radius 1 is 0.913 bits per heavy atom. The lowest BCUT2D eigenvalue weighted by molar-refractivity contribution is -0.461. The summed E-state index contributed by atoms with van der Waals surface area (Å²) in [4.78, 5) is 36.4. The average molecular weight is 644 g/mol. The van der Waals surface area contributed by atoms with Crippen molar-refractivity contribution in [3.8, 4) is 5.75 Å². The van der Waals surface area contributed by atoms with Crippen LogP contribution in [0.2, 0.25) is 0 Å². The minimum atomic E-state index is -4.53. The van der Waals surface area contributed by atoms with Crippen LogP contribution in [0.15, 0.2) is 72.8 Å². The minimum Gasteiger partial charge on any atom is -0.479 e. The number of carboxylic acid groups (broad SMARTS) is 1. The molecule has 5 rings (SSSR count). The van der Waals surface area contributed by atoms with Crippen molar-refractivity contribution in [3.63, 3.8) is 0 Å². The number of aliphatic hydroxyl groups is 1. The van der Waals surface area contributed by atoms with Gasteiger partial charge >= 0.3 is 24.4 Å². The van der Waals surface area contributed by atoms with Crippen LogP contribution in [0.3, 0.4) is 0 Å². The van der Waals surface area contributed by atoms with Crippen LogP contribution in [0.5, 0.6) is 5.75 Å². The number of hydrogen-bond acceptors (Lipinski definition) is 6. The maximum atomic E-state index is 14.3. The van der Waals surface area contributed by atoms with E-state index in [0.29, 0.717) is 11.1 Å². The molecule has 0 bridgehead atoms. The van der Waals surface area contributed by atoms with Crippen LogP contribution in [0.4, 0.5) is 28.0 Å². The Morgan fingerprint density at radius 3 is 2.22 bits per heavy atom. The van der Waals surface area contributed by atoms with Gasteiger partial charge in [0.15, 0.2) is 6.10 Å². The lowest BCUT2D eigenvalue weighted by Gasteiger charge is -2.30. The standard InChI is InChI=1S/C32H29F4N3O7/c33-31(34)24-16-23(14-15-26(24)45-32(35,36)46-31)38-30(44)39-27(20-8-6-19(7-9-20)18-4-2-1-3-5-18)21-10-12-22(13-11-21)28(41)37-17-25(40)29(42)43/h4,6-16,25,27,40H,1-3,5,17H2,(H,37,41)(H,42,43)(H2,38,39,44). The van der Waals surface area contributed by atoms with E-state index in [-0.39, 0.29) is 11.3 Å². The summed E-state index contributed by atoms with van der Waals surface area (Å²) >= 11 is 0. The molecule has 242 valence electrons. The number of carbonyl (C=O) groups is 3. The predicted octanol–water partition coefficient (Wildman–Crippen LogP) is 5.74. The molecule has 10 nitrogen and oxygen atoms in total. The average Bonchev–Trinajstić information content (AvgIpc) is 3.02. The van der Waals surface area contributed by atoms with Gasteiger partial charge in [-0.2, -0.15) is 8.78 Å². The van der Waals surface area contributed by atoms with E-state index in [1.165, 1.54) is 17.7 Å². The number of nitrogens with one attached hydrogen (secondary N) is 3. The van der Waals surface area contributed by atoms with Crippen LogP contribution in [-0.4, -0.2) is 47.1 Å². The number of amides is 3. The van der Waals surface area contributed by atoms with E-state index in [2.05, 4.69) is 31.5 Å². The molecule has 1 aliphatic carbocycles. The number of anilines is 1. The number of ether oxygens (including phenoxy) is 2. The van der Waals surface area contributed by atoms with Gasteiger partial charge in [0.25, 0.3) is 5.91 Å². The summed E-state index contributed by atoms with van der Waals surface area (Å²) < 4.78 is 62.9. The molecule has 14 heteroatoms. The highest BCUT2D eigenvalue weighted by Crippen LogP contribution is 2.47. The molecule has 2 aliphatic rings. The number of aliphatic hydroxyl groups excluding tert-OH is 1. The van der Waals surface area contributed by atoms with Gasteiger partial charge in [0.05, 0.1) is 18.2 Å². The first-order valence-corrected chi connectivity index (χ1v) is 14.3. The van der Waals surface area contributed by atoms with Gasteiger partial charge in [-0.05, 0) is 78.3 Å². The van der Waals surface area contributed by atoms with Crippen molar-refractivity contribution in [2.24, 2.45) is 0 Å². The Labute approximate surface area is 260 Å². The number of benzene rings is 3. The van der Waals surface area contributed by atoms with Crippen molar-refractivity contribution < 1.29 is 51.6 Å². The first kappa shape index (κ1) is 32.4. The molecule has 3 amide bonds. The fourth-order valence-electron chi connectivity index (χ4n) is 5.13. The number of halogens is 4. The Morgan fingerprint density at radius 2 is 1.59 bits per heavy atom. The van der Waals surface area contributed by atoms with E-state index >= 15 is 0 Å². The second-order valence-corrected chi connectivity index (χ2v) is 10.7. The predicted molar refractivity (Wildman–Crippen MR) is 156 cm³/mol. The number of urea groups is 1. The van der Waals surface area contributed by atoms with E-state index in [9.17, 15) is 37.1 Å². The van der Waals surface area contributed by atoms with Crippen LogP contribution in [0.1, 0.15) is 64.3 Å². The number of carbonyl (C=O) groups excluding carboxylic acids is 2. The summed E-state index contributed by atoms with van der Waals surface area (Å²) in [7, 11) is 0. The minimum absolute atomic E-state index is 0.151. The molecule has 1 aliphatic heterocycles. The molecule has 2 atom stereocenters. The third-order valence-electron chi connectivity index (χ3n) is 7.46. The molecule has 46 heavy (non-hydrogen) atoms. The zero-order valence-electron chi connectivity index (χ0n) is 24.1. The van der Waals surface area contributed by atoms with Crippen LogP contribution in [0, 0.1) is 0 Å². The fraction of sp³-hybridized carbons (Fsp3) is 0.281. The van der Waals surface area contributed by atoms with Crippen molar-refractivity contribution in [2.45, 2.75) is 50.2 Å². The highest BCUT2D eigenvalue weighted by Gasteiger charge is 2.54. The Balaban J connectivity index is 1.37. The van der Waals surface area contributed by atoms with Gasteiger partial charge in [-0.1, -0.05) is 42.5 Å². The molecule has 0 aromatic heterocycles. The molecular weight excluding hydrogens is 614 g/mol. The monoisotopic (exact) mass is 643 g/mol. The number of rotatable bonds is 9. The molecular formula is C32H29F4N3O7. The molecule has 1 heterocycles. The normalized spacial score (nSPS) is 17.7. The number of allylic oxidation sites excluding steroid dienone is 2. The molecule has 5 N–H and O–H groups in total.